The smallest absolute Gasteiger partial charge is 0.405 e. The number of methoxy groups -OCH3 is 1. The van der Waals surface area contributed by atoms with Gasteiger partial charge < -0.3 is 19.9 Å². The Morgan fingerprint density at radius 1 is 1.47 bits per heavy atom. The van der Waals surface area contributed by atoms with E-state index in [9.17, 15) is 4.79 Å². The first-order chi connectivity index (χ1) is 9.10. The molecule has 1 aromatic rings. The van der Waals surface area contributed by atoms with Gasteiger partial charge in [-0.2, -0.15) is 0 Å². The quantitative estimate of drug-likeness (QED) is 0.756. The van der Waals surface area contributed by atoms with Crippen molar-refractivity contribution in [3.63, 3.8) is 0 Å². The Labute approximate surface area is 117 Å². The van der Waals surface area contributed by atoms with Crippen molar-refractivity contribution in [2.45, 2.75) is 25.5 Å². The third kappa shape index (κ3) is 4.70. The van der Waals surface area contributed by atoms with Gasteiger partial charge in [0.25, 0.3) is 0 Å². The van der Waals surface area contributed by atoms with Crippen LogP contribution in [0.1, 0.15) is 24.9 Å². The molecule has 0 aliphatic carbocycles. The molecule has 6 heteroatoms. The molecule has 19 heavy (non-hydrogen) atoms. The average Bonchev–Trinajstić information content (AvgIpc) is 2.38. The molecule has 0 aromatic heterocycles. The summed E-state index contributed by atoms with van der Waals surface area (Å²) in [6.07, 6.45) is -0.847. The summed E-state index contributed by atoms with van der Waals surface area (Å²) in [4.78, 5) is 10.9. The molecule has 0 saturated carbocycles. The summed E-state index contributed by atoms with van der Waals surface area (Å²) >= 11 is 6.12. The highest BCUT2D eigenvalue weighted by Crippen LogP contribution is 2.28. The highest BCUT2D eigenvalue weighted by molar-refractivity contribution is 6.31. The summed E-state index contributed by atoms with van der Waals surface area (Å²) in [5, 5.41) is 11.9. The SMILES string of the molecule is CCC(OCOC)C(NC(=O)O)c1ccccc1Cl. The molecule has 2 N–H and O–H groups in total. The van der Waals surface area contributed by atoms with Crippen molar-refractivity contribution in [2.75, 3.05) is 13.9 Å². The van der Waals surface area contributed by atoms with E-state index >= 15 is 0 Å². The van der Waals surface area contributed by atoms with Crippen molar-refractivity contribution in [3.05, 3.63) is 34.9 Å². The summed E-state index contributed by atoms with van der Waals surface area (Å²) in [5.41, 5.74) is 0.689. The number of hydrogen-bond donors (Lipinski definition) is 2. The number of benzene rings is 1. The van der Waals surface area contributed by atoms with E-state index in [1.807, 2.05) is 6.92 Å². The zero-order valence-electron chi connectivity index (χ0n) is 10.9. The van der Waals surface area contributed by atoms with Gasteiger partial charge in [-0.05, 0) is 18.1 Å². The predicted molar refractivity (Wildman–Crippen MR) is 72.4 cm³/mol. The fourth-order valence-corrected chi connectivity index (χ4v) is 2.09. The zero-order valence-corrected chi connectivity index (χ0v) is 11.7. The number of amides is 1. The third-order valence-corrected chi connectivity index (χ3v) is 3.04. The molecule has 2 unspecified atom stereocenters. The standard InChI is InChI=1S/C13H18ClNO4/c1-3-11(19-8-18-2)12(15-13(16)17)9-6-4-5-7-10(9)14/h4-7,11-12,15H,3,8H2,1-2H3,(H,16,17). The molecule has 1 rings (SSSR count). The highest BCUT2D eigenvalue weighted by atomic mass is 35.5. The number of rotatable bonds is 7. The number of carbonyl (C=O) groups is 1. The molecule has 5 nitrogen and oxygen atoms in total. The van der Waals surface area contributed by atoms with Crippen LogP contribution in [0.4, 0.5) is 4.79 Å². The molecule has 0 heterocycles. The first-order valence-electron chi connectivity index (χ1n) is 5.94. The van der Waals surface area contributed by atoms with E-state index in [2.05, 4.69) is 5.32 Å². The maximum Gasteiger partial charge on any atom is 0.405 e. The number of carboxylic acid groups (broad SMARTS) is 1. The summed E-state index contributed by atoms with van der Waals surface area (Å²) in [6, 6.07) is 6.56. The highest BCUT2D eigenvalue weighted by Gasteiger charge is 2.26. The van der Waals surface area contributed by atoms with E-state index in [0.29, 0.717) is 17.0 Å². The molecule has 0 fully saturated rings. The Bertz CT molecular complexity index is 413. The minimum absolute atomic E-state index is 0.0980. The Hall–Kier alpha value is -1.30. The van der Waals surface area contributed by atoms with Crippen molar-refractivity contribution in [3.8, 4) is 0 Å². The van der Waals surface area contributed by atoms with E-state index in [1.54, 1.807) is 24.3 Å². The monoisotopic (exact) mass is 287 g/mol. The molecule has 1 aromatic carbocycles. The maximum atomic E-state index is 10.9. The predicted octanol–water partition coefficient (Wildman–Crippen LogP) is 3.05. The normalized spacial score (nSPS) is 13.8. The van der Waals surface area contributed by atoms with Gasteiger partial charge in [-0.15, -0.1) is 0 Å². The van der Waals surface area contributed by atoms with Gasteiger partial charge in [0.05, 0.1) is 12.1 Å². The van der Waals surface area contributed by atoms with Crippen molar-refractivity contribution < 1.29 is 19.4 Å². The van der Waals surface area contributed by atoms with Crippen LogP contribution >= 0.6 is 11.6 Å². The van der Waals surface area contributed by atoms with Gasteiger partial charge in [0.1, 0.15) is 6.79 Å². The van der Waals surface area contributed by atoms with E-state index in [1.165, 1.54) is 7.11 Å². The van der Waals surface area contributed by atoms with E-state index < -0.39 is 12.1 Å². The van der Waals surface area contributed by atoms with Gasteiger partial charge in [0, 0.05) is 12.1 Å². The van der Waals surface area contributed by atoms with Gasteiger partial charge in [0.15, 0.2) is 0 Å². The summed E-state index contributed by atoms with van der Waals surface area (Å²) < 4.78 is 10.4. The van der Waals surface area contributed by atoms with E-state index in [-0.39, 0.29) is 12.9 Å². The Kier molecular flexibility index (Phi) is 6.62. The molecule has 0 saturated heterocycles. The van der Waals surface area contributed by atoms with E-state index in [4.69, 9.17) is 26.2 Å². The molecule has 106 valence electrons. The molecule has 0 radical (unpaired) electrons. The molecule has 1 amide bonds. The number of nitrogens with one attached hydrogen (secondary N) is 1. The van der Waals surface area contributed by atoms with Gasteiger partial charge >= 0.3 is 6.09 Å². The van der Waals surface area contributed by atoms with Crippen molar-refractivity contribution >= 4 is 17.7 Å². The van der Waals surface area contributed by atoms with Crippen LogP contribution in [-0.2, 0) is 9.47 Å². The van der Waals surface area contributed by atoms with Crippen molar-refractivity contribution in [1.82, 2.24) is 5.32 Å². The lowest BCUT2D eigenvalue weighted by Crippen LogP contribution is -2.37. The fraction of sp³-hybridized carbons (Fsp3) is 0.462. The second kappa shape index (κ2) is 7.99. The molecular weight excluding hydrogens is 270 g/mol. The number of halogens is 1. The average molecular weight is 288 g/mol. The summed E-state index contributed by atoms with van der Waals surface area (Å²) in [5.74, 6) is 0. The molecule has 0 spiro atoms. The lowest BCUT2D eigenvalue weighted by atomic mass is 9.99. The first-order valence-corrected chi connectivity index (χ1v) is 6.32. The van der Waals surface area contributed by atoms with Crippen LogP contribution in [0.2, 0.25) is 5.02 Å². The van der Waals surface area contributed by atoms with E-state index in [0.717, 1.165) is 0 Å². The van der Waals surface area contributed by atoms with Crippen molar-refractivity contribution in [1.29, 1.82) is 0 Å². The summed E-state index contributed by atoms with van der Waals surface area (Å²) in [7, 11) is 1.52. The second-order valence-corrected chi connectivity index (χ2v) is 4.38. The van der Waals surface area contributed by atoms with Crippen molar-refractivity contribution in [2.24, 2.45) is 0 Å². The van der Waals surface area contributed by atoms with Crippen LogP contribution in [0.5, 0.6) is 0 Å². The molecule has 2 atom stereocenters. The Morgan fingerprint density at radius 2 is 2.16 bits per heavy atom. The summed E-state index contributed by atoms with van der Waals surface area (Å²) in [6.45, 7) is 2.01. The molecular formula is C13H18ClNO4. The lowest BCUT2D eigenvalue weighted by molar-refractivity contribution is -0.0841. The van der Waals surface area contributed by atoms with Gasteiger partial charge in [-0.3, -0.25) is 0 Å². The first kappa shape index (κ1) is 15.8. The third-order valence-electron chi connectivity index (χ3n) is 2.69. The molecule has 0 bridgehead atoms. The van der Waals surface area contributed by atoms with Crippen LogP contribution < -0.4 is 5.32 Å². The van der Waals surface area contributed by atoms with Gasteiger partial charge in [0.2, 0.25) is 0 Å². The maximum absolute atomic E-state index is 10.9. The topological polar surface area (TPSA) is 67.8 Å². The molecule has 0 aliphatic rings. The van der Waals surface area contributed by atoms with Crippen LogP contribution in [0.15, 0.2) is 24.3 Å². The van der Waals surface area contributed by atoms with Crippen LogP contribution in [0, 0.1) is 0 Å². The fourth-order valence-electron chi connectivity index (χ4n) is 1.84. The second-order valence-electron chi connectivity index (χ2n) is 3.97. The Balaban J connectivity index is 2.99. The minimum atomic E-state index is -1.12. The number of ether oxygens (including phenoxy) is 2. The lowest BCUT2D eigenvalue weighted by Gasteiger charge is -2.27. The minimum Gasteiger partial charge on any atom is -0.465 e. The largest absolute Gasteiger partial charge is 0.465 e. The van der Waals surface area contributed by atoms with Crippen LogP contribution in [0.3, 0.4) is 0 Å². The van der Waals surface area contributed by atoms with Crippen LogP contribution in [0.25, 0.3) is 0 Å². The van der Waals surface area contributed by atoms with Crippen LogP contribution in [-0.4, -0.2) is 31.2 Å². The van der Waals surface area contributed by atoms with Gasteiger partial charge in [-0.25, -0.2) is 4.79 Å². The zero-order chi connectivity index (χ0) is 14.3. The Morgan fingerprint density at radius 3 is 2.68 bits per heavy atom. The number of hydrogen-bond acceptors (Lipinski definition) is 3. The molecule has 0 aliphatic heterocycles. The van der Waals surface area contributed by atoms with Gasteiger partial charge in [-0.1, -0.05) is 36.7 Å².